The van der Waals surface area contributed by atoms with Crippen molar-refractivity contribution in [3.05, 3.63) is 94.3 Å². The molecule has 0 aliphatic carbocycles. The fourth-order valence-electron chi connectivity index (χ4n) is 3.41. The molecule has 3 aromatic rings. The summed E-state index contributed by atoms with van der Waals surface area (Å²) in [5.74, 6) is -0.124. The summed E-state index contributed by atoms with van der Waals surface area (Å²) in [6.07, 6.45) is 0.601. The first-order valence-corrected chi connectivity index (χ1v) is 10.2. The molecule has 31 heavy (non-hydrogen) atoms. The molecular formula is C24H20ClFN2O3. The Morgan fingerprint density at radius 1 is 1.10 bits per heavy atom. The summed E-state index contributed by atoms with van der Waals surface area (Å²) < 4.78 is 18.8. The number of rotatable bonds is 5. The number of anilines is 1. The zero-order chi connectivity index (χ0) is 21.8. The second-order valence-electron chi connectivity index (χ2n) is 7.24. The number of carbonyl (C=O) groups is 2. The van der Waals surface area contributed by atoms with Gasteiger partial charge in [-0.15, -0.1) is 0 Å². The van der Waals surface area contributed by atoms with E-state index in [1.165, 1.54) is 12.1 Å². The van der Waals surface area contributed by atoms with Gasteiger partial charge in [-0.2, -0.15) is 0 Å². The minimum atomic E-state index is -0.315. The zero-order valence-electron chi connectivity index (χ0n) is 16.6. The molecule has 0 fully saturated rings. The number of hydrogen-bond donors (Lipinski definition) is 1. The Hall–Kier alpha value is -3.38. The van der Waals surface area contributed by atoms with Gasteiger partial charge in [-0.05, 0) is 54.4 Å². The van der Waals surface area contributed by atoms with E-state index in [9.17, 15) is 14.0 Å². The Kier molecular flexibility index (Phi) is 6.18. The summed E-state index contributed by atoms with van der Waals surface area (Å²) >= 11 is 6.11. The van der Waals surface area contributed by atoms with E-state index in [0.29, 0.717) is 41.5 Å². The Balaban J connectivity index is 1.48. The maximum absolute atomic E-state index is 13.1. The van der Waals surface area contributed by atoms with Crippen molar-refractivity contribution in [3.8, 4) is 5.75 Å². The Morgan fingerprint density at radius 2 is 1.87 bits per heavy atom. The number of carbonyl (C=O) groups excluding carboxylic acids is 2. The molecule has 4 rings (SSSR count). The van der Waals surface area contributed by atoms with E-state index in [2.05, 4.69) is 5.32 Å². The molecule has 0 aromatic heterocycles. The molecule has 2 amide bonds. The molecule has 7 heteroatoms. The number of halogens is 2. The number of amides is 2. The van der Waals surface area contributed by atoms with Gasteiger partial charge in [0.2, 0.25) is 0 Å². The second kappa shape index (κ2) is 9.18. The highest BCUT2D eigenvalue weighted by Crippen LogP contribution is 2.27. The third kappa shape index (κ3) is 5.03. The quantitative estimate of drug-likeness (QED) is 0.628. The standard InChI is InChI=1S/C24H20ClFN2O3/c25-21-4-2-1-3-20(21)24(30)27-19-9-10-22-17(13-19)14-28(23(29)15-31-22)12-11-16-5-7-18(26)8-6-16/h1-10,13H,11-12,14-15H2,(H,27,30). The highest BCUT2D eigenvalue weighted by Gasteiger charge is 2.22. The van der Waals surface area contributed by atoms with E-state index in [0.717, 1.165) is 11.1 Å². The molecule has 0 bridgehead atoms. The normalized spacial score (nSPS) is 13.2. The summed E-state index contributed by atoms with van der Waals surface area (Å²) in [4.78, 5) is 26.8. The molecule has 3 aromatic carbocycles. The number of fused-ring (bicyclic) bond motifs is 1. The van der Waals surface area contributed by atoms with Gasteiger partial charge in [-0.1, -0.05) is 35.9 Å². The first-order chi connectivity index (χ1) is 15.0. The summed E-state index contributed by atoms with van der Waals surface area (Å²) in [7, 11) is 0. The molecule has 158 valence electrons. The number of benzene rings is 3. The SMILES string of the molecule is O=C(Nc1ccc2c(c1)CN(CCc1ccc(F)cc1)C(=O)CO2)c1ccccc1Cl. The predicted molar refractivity (Wildman–Crippen MR) is 117 cm³/mol. The Labute approximate surface area is 184 Å². The van der Waals surface area contributed by atoms with Crippen LogP contribution in [-0.4, -0.2) is 29.9 Å². The molecule has 1 heterocycles. The predicted octanol–water partition coefficient (Wildman–Crippen LogP) is 4.70. The van der Waals surface area contributed by atoms with Gasteiger partial charge in [0.1, 0.15) is 11.6 Å². The molecule has 0 saturated heterocycles. The van der Waals surface area contributed by atoms with Gasteiger partial charge in [0, 0.05) is 24.3 Å². The van der Waals surface area contributed by atoms with Crippen molar-refractivity contribution in [3.63, 3.8) is 0 Å². The largest absolute Gasteiger partial charge is 0.483 e. The maximum atomic E-state index is 13.1. The smallest absolute Gasteiger partial charge is 0.260 e. The van der Waals surface area contributed by atoms with Crippen LogP contribution in [0.25, 0.3) is 0 Å². The molecular weight excluding hydrogens is 419 g/mol. The monoisotopic (exact) mass is 438 g/mol. The van der Waals surface area contributed by atoms with Crippen molar-refractivity contribution in [2.24, 2.45) is 0 Å². The first kappa shape index (κ1) is 20.9. The van der Waals surface area contributed by atoms with Crippen molar-refractivity contribution in [1.29, 1.82) is 0 Å². The van der Waals surface area contributed by atoms with E-state index in [-0.39, 0.29) is 24.2 Å². The molecule has 0 radical (unpaired) electrons. The van der Waals surface area contributed by atoms with Crippen molar-refractivity contribution in [2.75, 3.05) is 18.5 Å². The molecule has 1 aliphatic heterocycles. The summed E-state index contributed by atoms with van der Waals surface area (Å²) in [6.45, 7) is 0.774. The number of hydrogen-bond acceptors (Lipinski definition) is 3. The van der Waals surface area contributed by atoms with Crippen LogP contribution < -0.4 is 10.1 Å². The van der Waals surface area contributed by atoms with Crippen LogP contribution in [0.5, 0.6) is 5.75 Å². The van der Waals surface area contributed by atoms with Crippen molar-refractivity contribution < 1.29 is 18.7 Å². The Morgan fingerprint density at radius 3 is 2.65 bits per heavy atom. The van der Waals surface area contributed by atoms with Gasteiger partial charge in [0.15, 0.2) is 6.61 Å². The van der Waals surface area contributed by atoms with Crippen LogP contribution in [0.15, 0.2) is 66.7 Å². The van der Waals surface area contributed by atoms with Crippen LogP contribution in [0.2, 0.25) is 5.02 Å². The number of nitrogens with one attached hydrogen (secondary N) is 1. The summed E-state index contributed by atoms with van der Waals surface area (Å²) in [5.41, 5.74) is 2.70. The van der Waals surface area contributed by atoms with Crippen LogP contribution in [0.4, 0.5) is 10.1 Å². The van der Waals surface area contributed by atoms with Crippen LogP contribution in [0.1, 0.15) is 21.5 Å². The highest BCUT2D eigenvalue weighted by atomic mass is 35.5. The average molecular weight is 439 g/mol. The van der Waals surface area contributed by atoms with E-state index >= 15 is 0 Å². The summed E-state index contributed by atoms with van der Waals surface area (Å²) in [5, 5.41) is 3.21. The maximum Gasteiger partial charge on any atom is 0.260 e. The lowest BCUT2D eigenvalue weighted by Gasteiger charge is -2.20. The third-order valence-electron chi connectivity index (χ3n) is 5.09. The van der Waals surface area contributed by atoms with Crippen LogP contribution >= 0.6 is 11.6 Å². The molecule has 0 saturated carbocycles. The summed E-state index contributed by atoms with van der Waals surface area (Å²) in [6, 6.07) is 18.3. The number of nitrogens with zero attached hydrogens (tertiary/aromatic N) is 1. The van der Waals surface area contributed by atoms with Gasteiger partial charge < -0.3 is 15.0 Å². The van der Waals surface area contributed by atoms with E-state index in [4.69, 9.17) is 16.3 Å². The Bertz CT molecular complexity index is 1120. The average Bonchev–Trinajstić information content (AvgIpc) is 2.92. The first-order valence-electron chi connectivity index (χ1n) is 9.83. The third-order valence-corrected chi connectivity index (χ3v) is 5.42. The molecule has 0 unspecified atom stereocenters. The fraction of sp³-hybridized carbons (Fsp3) is 0.167. The number of ether oxygens (including phenoxy) is 1. The molecule has 0 spiro atoms. The van der Waals surface area contributed by atoms with Gasteiger partial charge >= 0.3 is 0 Å². The molecule has 0 atom stereocenters. The topological polar surface area (TPSA) is 58.6 Å². The van der Waals surface area contributed by atoms with E-state index < -0.39 is 0 Å². The van der Waals surface area contributed by atoms with E-state index in [1.807, 2.05) is 0 Å². The fourth-order valence-corrected chi connectivity index (χ4v) is 3.63. The van der Waals surface area contributed by atoms with Crippen molar-refractivity contribution >= 4 is 29.1 Å². The van der Waals surface area contributed by atoms with E-state index in [1.54, 1.807) is 59.5 Å². The second-order valence-corrected chi connectivity index (χ2v) is 7.64. The molecule has 5 nitrogen and oxygen atoms in total. The lowest BCUT2D eigenvalue weighted by Crippen LogP contribution is -2.34. The van der Waals surface area contributed by atoms with Crippen molar-refractivity contribution in [2.45, 2.75) is 13.0 Å². The lowest BCUT2D eigenvalue weighted by atomic mass is 10.1. The van der Waals surface area contributed by atoms with Crippen LogP contribution in [-0.2, 0) is 17.8 Å². The highest BCUT2D eigenvalue weighted by molar-refractivity contribution is 6.34. The molecule has 1 aliphatic rings. The van der Waals surface area contributed by atoms with Gasteiger partial charge in [-0.3, -0.25) is 9.59 Å². The minimum Gasteiger partial charge on any atom is -0.483 e. The zero-order valence-corrected chi connectivity index (χ0v) is 17.4. The van der Waals surface area contributed by atoms with Gasteiger partial charge in [-0.25, -0.2) is 4.39 Å². The van der Waals surface area contributed by atoms with Crippen LogP contribution in [0, 0.1) is 5.82 Å². The van der Waals surface area contributed by atoms with Crippen molar-refractivity contribution in [1.82, 2.24) is 4.90 Å². The molecule has 1 N–H and O–H groups in total. The lowest BCUT2D eigenvalue weighted by molar-refractivity contribution is -0.133. The minimum absolute atomic E-state index is 0.0538. The van der Waals surface area contributed by atoms with Gasteiger partial charge in [0.05, 0.1) is 10.6 Å². The van der Waals surface area contributed by atoms with Crippen LogP contribution in [0.3, 0.4) is 0 Å². The van der Waals surface area contributed by atoms with Gasteiger partial charge in [0.25, 0.3) is 11.8 Å².